The molecule has 0 unspecified atom stereocenters. The van der Waals surface area contributed by atoms with E-state index in [4.69, 9.17) is 4.74 Å². The summed E-state index contributed by atoms with van der Waals surface area (Å²) >= 11 is 3.35. The van der Waals surface area contributed by atoms with Crippen molar-refractivity contribution in [3.63, 3.8) is 0 Å². The summed E-state index contributed by atoms with van der Waals surface area (Å²) in [6.45, 7) is 1.79. The van der Waals surface area contributed by atoms with Crippen molar-refractivity contribution in [2.75, 3.05) is 24.0 Å². The molecule has 0 heterocycles. The van der Waals surface area contributed by atoms with Gasteiger partial charge >= 0.3 is 0 Å². The van der Waals surface area contributed by atoms with Gasteiger partial charge < -0.3 is 10.1 Å². The maximum Gasteiger partial charge on any atom is 0.264 e. The molecule has 0 saturated carbocycles. The van der Waals surface area contributed by atoms with E-state index in [1.54, 1.807) is 60.7 Å². The summed E-state index contributed by atoms with van der Waals surface area (Å²) in [5.74, 6) is -0.329. The average Bonchev–Trinajstić information content (AvgIpc) is 3.01. The van der Waals surface area contributed by atoms with Crippen LogP contribution >= 0.6 is 15.9 Å². The number of hydrogen-bond acceptors (Lipinski definition) is 6. The molecule has 0 bridgehead atoms. The molecular weight excluding hydrogens is 632 g/mol. The van der Waals surface area contributed by atoms with Gasteiger partial charge in [-0.15, -0.1) is 0 Å². The fourth-order valence-corrected chi connectivity index (χ4v) is 5.63. The zero-order valence-corrected chi connectivity index (χ0v) is 25.8. The quantitative estimate of drug-likeness (QED) is 0.157. The summed E-state index contributed by atoms with van der Waals surface area (Å²) in [6, 6.07) is 29.8. The van der Waals surface area contributed by atoms with Crippen LogP contribution in [0.2, 0.25) is 0 Å². The van der Waals surface area contributed by atoms with Crippen molar-refractivity contribution >= 4 is 49.7 Å². The molecule has 43 heavy (non-hydrogen) atoms. The number of hydrazone groups is 1. The average molecular weight is 664 g/mol. The largest absolute Gasteiger partial charge is 0.484 e. The molecule has 9 nitrogen and oxygen atoms in total. The summed E-state index contributed by atoms with van der Waals surface area (Å²) in [6.07, 6.45) is 2.17. The van der Waals surface area contributed by atoms with Gasteiger partial charge in [-0.25, -0.2) is 13.8 Å². The van der Waals surface area contributed by atoms with Gasteiger partial charge in [-0.3, -0.25) is 13.9 Å². The molecule has 0 aliphatic rings. The molecule has 0 aliphatic heterocycles. The monoisotopic (exact) mass is 662 g/mol. The predicted molar refractivity (Wildman–Crippen MR) is 171 cm³/mol. The molecule has 0 fully saturated rings. The Balaban J connectivity index is 1.29. The van der Waals surface area contributed by atoms with Crippen LogP contribution in [0.3, 0.4) is 0 Å². The van der Waals surface area contributed by atoms with E-state index in [2.05, 4.69) is 31.8 Å². The lowest BCUT2D eigenvalue weighted by Crippen LogP contribution is -2.39. The highest BCUT2D eigenvalue weighted by Gasteiger charge is 2.27. The van der Waals surface area contributed by atoms with Gasteiger partial charge in [0.05, 0.1) is 16.8 Å². The summed E-state index contributed by atoms with van der Waals surface area (Å²) in [5.41, 5.74) is 5.46. The molecule has 0 aliphatic carbocycles. The molecule has 2 amide bonds. The van der Waals surface area contributed by atoms with Gasteiger partial charge in [-0.1, -0.05) is 64.0 Å². The van der Waals surface area contributed by atoms with Crippen molar-refractivity contribution in [2.45, 2.75) is 18.2 Å². The number of sulfonamides is 1. The third kappa shape index (κ3) is 9.52. The number of nitrogens with one attached hydrogen (secondary N) is 2. The molecule has 4 aromatic carbocycles. The molecule has 0 radical (unpaired) electrons. The van der Waals surface area contributed by atoms with Crippen molar-refractivity contribution in [2.24, 2.45) is 5.10 Å². The molecule has 4 rings (SSSR count). The number of ether oxygens (including phenoxy) is 1. The minimum atomic E-state index is -4.03. The lowest BCUT2D eigenvalue weighted by Gasteiger charge is -2.23. The molecule has 0 saturated heterocycles. The van der Waals surface area contributed by atoms with Crippen molar-refractivity contribution in [3.8, 4) is 5.75 Å². The number of hydrogen-bond donors (Lipinski definition) is 2. The number of anilines is 1. The number of halogens is 1. The number of carbonyl (C=O) groups excluding carboxylic acids is 2. The fourth-order valence-electron chi connectivity index (χ4n) is 3.95. The molecular formula is C32H31BrN4O5S. The second-order valence-corrected chi connectivity index (χ2v) is 12.3. The SMILES string of the molecule is Cc1ccc(S(=O)(=O)N(CC(=O)N/N=C\c2ccc(OCC(=O)NCCc3ccccc3)cc2)c2ccc(Br)cc2)cc1. The van der Waals surface area contributed by atoms with E-state index >= 15 is 0 Å². The van der Waals surface area contributed by atoms with Crippen LogP contribution in [-0.4, -0.2) is 46.1 Å². The predicted octanol–water partition coefficient (Wildman–Crippen LogP) is 4.84. The van der Waals surface area contributed by atoms with Crippen LogP contribution in [0.4, 0.5) is 5.69 Å². The first-order valence-corrected chi connectivity index (χ1v) is 15.6. The number of benzene rings is 4. The Bertz CT molecular complexity index is 1650. The molecule has 11 heteroatoms. The summed E-state index contributed by atoms with van der Waals surface area (Å²) in [5, 5.41) is 6.80. The first-order chi connectivity index (χ1) is 20.7. The Labute approximate surface area is 259 Å². The minimum absolute atomic E-state index is 0.0734. The standard InChI is InChI=1S/C32H31BrN4O5S/c1-24-7-17-30(18-8-24)43(40,41)37(28-13-11-27(33)12-14-28)22-31(38)36-35-21-26-9-15-29(16-10-26)42-23-32(39)34-20-19-25-5-3-2-4-6-25/h2-18,21H,19-20,22-23H2,1H3,(H,34,39)(H,36,38)/b35-21-. The number of amides is 2. The maximum absolute atomic E-state index is 13.5. The smallest absolute Gasteiger partial charge is 0.264 e. The van der Waals surface area contributed by atoms with Gasteiger partial charge in [0.15, 0.2) is 6.61 Å². The highest BCUT2D eigenvalue weighted by Crippen LogP contribution is 2.25. The van der Waals surface area contributed by atoms with E-state index < -0.39 is 22.5 Å². The van der Waals surface area contributed by atoms with E-state index in [1.165, 1.54) is 18.3 Å². The van der Waals surface area contributed by atoms with E-state index in [9.17, 15) is 18.0 Å². The Hall–Kier alpha value is -4.48. The Morgan fingerprint density at radius 3 is 2.23 bits per heavy atom. The van der Waals surface area contributed by atoms with Crippen LogP contribution in [0.25, 0.3) is 0 Å². The number of rotatable bonds is 13. The zero-order chi connectivity index (χ0) is 30.7. The summed E-state index contributed by atoms with van der Waals surface area (Å²) in [7, 11) is -4.03. The van der Waals surface area contributed by atoms with Crippen LogP contribution < -0.4 is 19.8 Å². The molecule has 4 aromatic rings. The van der Waals surface area contributed by atoms with E-state index in [1.807, 2.05) is 37.3 Å². The molecule has 0 aromatic heterocycles. The van der Waals surface area contributed by atoms with Crippen molar-refractivity contribution in [3.05, 3.63) is 124 Å². The minimum Gasteiger partial charge on any atom is -0.484 e. The van der Waals surface area contributed by atoms with Gasteiger partial charge in [-0.2, -0.15) is 5.10 Å². The third-order valence-electron chi connectivity index (χ3n) is 6.24. The molecule has 0 atom stereocenters. The van der Waals surface area contributed by atoms with Gasteiger partial charge in [0.25, 0.3) is 21.8 Å². The Kier molecular flexibility index (Phi) is 11.1. The highest BCUT2D eigenvalue weighted by atomic mass is 79.9. The Morgan fingerprint density at radius 1 is 0.884 bits per heavy atom. The zero-order valence-electron chi connectivity index (χ0n) is 23.4. The van der Waals surface area contributed by atoms with Gasteiger partial charge in [0.1, 0.15) is 12.3 Å². The van der Waals surface area contributed by atoms with Crippen molar-refractivity contribution in [1.82, 2.24) is 10.7 Å². The van der Waals surface area contributed by atoms with Crippen LogP contribution in [0.1, 0.15) is 16.7 Å². The van der Waals surface area contributed by atoms with Gasteiger partial charge in [0.2, 0.25) is 0 Å². The summed E-state index contributed by atoms with van der Waals surface area (Å²) in [4.78, 5) is 24.9. The van der Waals surface area contributed by atoms with Crippen LogP contribution in [-0.2, 0) is 26.0 Å². The van der Waals surface area contributed by atoms with E-state index in [0.29, 0.717) is 23.5 Å². The van der Waals surface area contributed by atoms with Crippen LogP contribution in [0.15, 0.2) is 118 Å². The Morgan fingerprint density at radius 2 is 1.56 bits per heavy atom. The van der Waals surface area contributed by atoms with E-state index in [0.717, 1.165) is 26.3 Å². The first kappa shape index (κ1) is 31.5. The lowest BCUT2D eigenvalue weighted by atomic mass is 10.1. The molecule has 2 N–H and O–H groups in total. The van der Waals surface area contributed by atoms with Crippen LogP contribution in [0.5, 0.6) is 5.75 Å². The number of nitrogens with zero attached hydrogens (tertiary/aromatic N) is 2. The topological polar surface area (TPSA) is 117 Å². The second-order valence-electron chi connectivity index (χ2n) is 9.54. The van der Waals surface area contributed by atoms with Crippen LogP contribution in [0, 0.1) is 6.92 Å². The molecule has 0 spiro atoms. The number of aryl methyl sites for hydroxylation is 1. The lowest BCUT2D eigenvalue weighted by molar-refractivity contribution is -0.123. The highest BCUT2D eigenvalue weighted by molar-refractivity contribution is 9.10. The second kappa shape index (κ2) is 15.1. The normalized spacial score (nSPS) is 11.2. The summed E-state index contributed by atoms with van der Waals surface area (Å²) < 4.78 is 34.3. The fraction of sp³-hybridized carbons (Fsp3) is 0.156. The first-order valence-electron chi connectivity index (χ1n) is 13.4. The van der Waals surface area contributed by atoms with Crippen molar-refractivity contribution in [1.29, 1.82) is 0 Å². The van der Waals surface area contributed by atoms with Gasteiger partial charge in [0, 0.05) is 11.0 Å². The van der Waals surface area contributed by atoms with Crippen molar-refractivity contribution < 1.29 is 22.7 Å². The van der Waals surface area contributed by atoms with Gasteiger partial charge in [-0.05, 0) is 85.1 Å². The third-order valence-corrected chi connectivity index (χ3v) is 8.56. The molecule has 222 valence electrons. The maximum atomic E-state index is 13.5. The number of carbonyl (C=O) groups is 2. The van der Waals surface area contributed by atoms with E-state index in [-0.39, 0.29) is 17.4 Å².